The van der Waals surface area contributed by atoms with Crippen molar-refractivity contribution in [2.75, 3.05) is 0 Å². The van der Waals surface area contributed by atoms with Crippen molar-refractivity contribution in [3.63, 3.8) is 0 Å². The monoisotopic (exact) mass is 293 g/mol. The normalized spacial score (nSPS) is 20.0. The average molecular weight is 293 g/mol. The minimum absolute atomic E-state index is 0.294. The molecular formula is C19H19NO2. The van der Waals surface area contributed by atoms with Crippen molar-refractivity contribution in [1.82, 2.24) is 0 Å². The van der Waals surface area contributed by atoms with Crippen LogP contribution in [0, 0.1) is 0 Å². The first-order chi connectivity index (χ1) is 10.6. The number of hydrogen-bond acceptors (Lipinski definition) is 3. The lowest BCUT2D eigenvalue weighted by Crippen LogP contribution is -2.39. The number of rotatable bonds is 3. The van der Waals surface area contributed by atoms with Gasteiger partial charge in [0.15, 0.2) is 0 Å². The van der Waals surface area contributed by atoms with E-state index >= 15 is 0 Å². The Morgan fingerprint density at radius 1 is 1.14 bits per heavy atom. The lowest BCUT2D eigenvalue weighted by molar-refractivity contribution is -0.156. The van der Waals surface area contributed by atoms with Gasteiger partial charge < -0.3 is 4.74 Å². The molecule has 2 aromatic rings. The fraction of sp³-hybridized carbons (Fsp3) is 0.263. The summed E-state index contributed by atoms with van der Waals surface area (Å²) in [6, 6.07) is 18.2. The Hall–Kier alpha value is -2.42. The summed E-state index contributed by atoms with van der Waals surface area (Å²) in [5.41, 5.74) is 3.42. The molecule has 0 saturated heterocycles. The number of nitrogens with zero attached hydrogens (tertiary/aromatic N) is 1. The quantitative estimate of drug-likeness (QED) is 0.808. The summed E-state index contributed by atoms with van der Waals surface area (Å²) in [6.07, 6.45) is 1.27. The van der Waals surface area contributed by atoms with E-state index in [9.17, 15) is 4.79 Å². The molecule has 0 aromatic heterocycles. The predicted molar refractivity (Wildman–Crippen MR) is 87.0 cm³/mol. The van der Waals surface area contributed by atoms with Crippen molar-refractivity contribution < 1.29 is 9.53 Å². The molecule has 0 N–H and O–H groups in total. The van der Waals surface area contributed by atoms with E-state index in [0.717, 1.165) is 16.8 Å². The van der Waals surface area contributed by atoms with Crippen LogP contribution < -0.4 is 0 Å². The number of hydrogen-bond donors (Lipinski definition) is 0. The predicted octanol–water partition coefficient (Wildman–Crippen LogP) is 3.75. The van der Waals surface area contributed by atoms with E-state index in [2.05, 4.69) is 12.1 Å². The maximum atomic E-state index is 11.5. The zero-order valence-corrected chi connectivity index (χ0v) is 12.9. The molecule has 22 heavy (non-hydrogen) atoms. The molecular weight excluding hydrogens is 274 g/mol. The van der Waals surface area contributed by atoms with Gasteiger partial charge in [0.25, 0.3) is 0 Å². The van der Waals surface area contributed by atoms with Crippen LogP contribution in [0.15, 0.2) is 59.6 Å². The molecule has 1 aliphatic heterocycles. The summed E-state index contributed by atoms with van der Waals surface area (Å²) < 4.78 is 5.61. The summed E-state index contributed by atoms with van der Waals surface area (Å²) in [7, 11) is 0. The second-order valence-corrected chi connectivity index (χ2v) is 5.55. The summed E-state index contributed by atoms with van der Waals surface area (Å²) in [4.78, 5) is 16.4. The molecule has 0 radical (unpaired) electrons. The molecule has 0 fully saturated rings. The molecule has 0 aliphatic carbocycles. The first-order valence-electron chi connectivity index (χ1n) is 7.57. The molecule has 1 atom stereocenters. The van der Waals surface area contributed by atoms with Gasteiger partial charge in [0.1, 0.15) is 0 Å². The molecule has 1 heterocycles. The van der Waals surface area contributed by atoms with Crippen LogP contribution in [0.25, 0.3) is 0 Å². The fourth-order valence-electron chi connectivity index (χ4n) is 2.93. The molecule has 0 saturated carbocycles. The van der Waals surface area contributed by atoms with Crippen LogP contribution in [-0.2, 0) is 16.0 Å². The number of ether oxygens (including phenoxy) is 1. The molecule has 1 unspecified atom stereocenters. The number of carbonyl (C=O) groups excluding carboxylic acids is 1. The largest absolute Gasteiger partial charge is 0.437 e. The Bertz CT molecular complexity index is 721. The van der Waals surface area contributed by atoms with E-state index in [1.165, 1.54) is 12.5 Å². The second-order valence-electron chi connectivity index (χ2n) is 5.55. The number of fused-ring (bicyclic) bond motifs is 1. The van der Waals surface area contributed by atoms with Crippen LogP contribution in [-0.4, -0.2) is 17.4 Å². The van der Waals surface area contributed by atoms with Crippen molar-refractivity contribution in [1.29, 1.82) is 0 Å². The highest BCUT2D eigenvalue weighted by atomic mass is 16.6. The third-order valence-electron chi connectivity index (χ3n) is 3.99. The van der Waals surface area contributed by atoms with Gasteiger partial charge in [-0.25, -0.2) is 4.99 Å². The van der Waals surface area contributed by atoms with Crippen molar-refractivity contribution in [2.45, 2.75) is 32.4 Å². The van der Waals surface area contributed by atoms with Crippen LogP contribution in [0.5, 0.6) is 0 Å². The van der Waals surface area contributed by atoms with E-state index in [-0.39, 0.29) is 5.97 Å². The van der Waals surface area contributed by atoms with Crippen LogP contribution >= 0.6 is 0 Å². The fourth-order valence-corrected chi connectivity index (χ4v) is 2.93. The third-order valence-corrected chi connectivity index (χ3v) is 3.99. The Labute approximate surface area is 130 Å². The highest BCUT2D eigenvalue weighted by Crippen LogP contribution is 2.33. The Balaban J connectivity index is 2.17. The van der Waals surface area contributed by atoms with Gasteiger partial charge in [0.05, 0.1) is 5.71 Å². The van der Waals surface area contributed by atoms with Gasteiger partial charge in [-0.05, 0) is 5.56 Å². The third kappa shape index (κ3) is 2.67. The van der Waals surface area contributed by atoms with Crippen molar-refractivity contribution in [2.24, 2.45) is 4.99 Å². The molecule has 2 aromatic carbocycles. The average Bonchev–Trinajstić information content (AvgIpc) is 2.54. The molecule has 3 nitrogen and oxygen atoms in total. The van der Waals surface area contributed by atoms with Gasteiger partial charge in [-0.3, -0.25) is 4.79 Å². The summed E-state index contributed by atoms with van der Waals surface area (Å²) >= 11 is 0. The number of aliphatic imine (C=N–C) groups is 1. The first-order valence-corrected chi connectivity index (χ1v) is 7.57. The summed E-state index contributed by atoms with van der Waals surface area (Å²) in [5.74, 6) is -0.294. The lowest BCUT2D eigenvalue weighted by Gasteiger charge is -2.34. The molecule has 0 amide bonds. The molecule has 112 valence electrons. The van der Waals surface area contributed by atoms with Crippen LogP contribution in [0.1, 0.15) is 37.0 Å². The van der Waals surface area contributed by atoms with Gasteiger partial charge in [0.2, 0.25) is 5.72 Å². The van der Waals surface area contributed by atoms with E-state index < -0.39 is 5.72 Å². The number of benzene rings is 2. The van der Waals surface area contributed by atoms with E-state index in [1.54, 1.807) is 0 Å². The lowest BCUT2D eigenvalue weighted by atomic mass is 9.87. The molecule has 0 spiro atoms. The topological polar surface area (TPSA) is 38.7 Å². The highest BCUT2D eigenvalue weighted by molar-refractivity contribution is 6.14. The summed E-state index contributed by atoms with van der Waals surface area (Å²) in [5, 5.41) is 0. The number of carbonyl (C=O) groups is 1. The Kier molecular flexibility index (Phi) is 3.80. The minimum Gasteiger partial charge on any atom is -0.437 e. The van der Waals surface area contributed by atoms with Gasteiger partial charge in [-0.15, -0.1) is 0 Å². The SMILES string of the molecule is CCC1(OC(C)=O)Cc2ccccc2C(c2ccccc2)=N1. The molecule has 3 heteroatoms. The summed E-state index contributed by atoms with van der Waals surface area (Å²) in [6.45, 7) is 3.44. The van der Waals surface area contributed by atoms with Crippen LogP contribution in [0.4, 0.5) is 0 Å². The first kappa shape index (κ1) is 14.5. The zero-order chi connectivity index (χ0) is 15.6. The van der Waals surface area contributed by atoms with Crippen molar-refractivity contribution in [3.8, 4) is 0 Å². The molecule has 0 bridgehead atoms. The van der Waals surface area contributed by atoms with Gasteiger partial charge >= 0.3 is 5.97 Å². The van der Waals surface area contributed by atoms with E-state index in [1.807, 2.05) is 49.4 Å². The zero-order valence-electron chi connectivity index (χ0n) is 12.9. The van der Waals surface area contributed by atoms with Gasteiger partial charge in [-0.1, -0.05) is 61.5 Å². The van der Waals surface area contributed by atoms with Gasteiger partial charge in [-0.2, -0.15) is 0 Å². The van der Waals surface area contributed by atoms with Crippen molar-refractivity contribution >= 4 is 11.7 Å². The Morgan fingerprint density at radius 2 is 1.82 bits per heavy atom. The maximum absolute atomic E-state index is 11.5. The van der Waals surface area contributed by atoms with Crippen LogP contribution in [0.2, 0.25) is 0 Å². The highest BCUT2D eigenvalue weighted by Gasteiger charge is 2.36. The second kappa shape index (κ2) is 5.76. The van der Waals surface area contributed by atoms with E-state index in [4.69, 9.17) is 9.73 Å². The van der Waals surface area contributed by atoms with Crippen LogP contribution in [0.3, 0.4) is 0 Å². The number of esters is 1. The Morgan fingerprint density at radius 3 is 2.50 bits per heavy atom. The van der Waals surface area contributed by atoms with Gasteiger partial charge in [0, 0.05) is 30.9 Å². The smallest absolute Gasteiger partial charge is 0.304 e. The minimum atomic E-state index is -0.800. The standard InChI is InChI=1S/C19H19NO2/c1-3-19(22-14(2)21)13-16-11-7-8-12-17(16)18(20-19)15-9-5-4-6-10-15/h4-12H,3,13H2,1-2H3. The molecule has 1 aliphatic rings. The molecule has 3 rings (SSSR count). The maximum Gasteiger partial charge on any atom is 0.304 e. The van der Waals surface area contributed by atoms with Crippen molar-refractivity contribution in [3.05, 3.63) is 71.3 Å². The van der Waals surface area contributed by atoms with E-state index in [0.29, 0.717) is 12.8 Å².